The first kappa shape index (κ1) is 17.6. The lowest BCUT2D eigenvalue weighted by molar-refractivity contribution is -0.135. The van der Waals surface area contributed by atoms with Crippen LogP contribution in [0.15, 0.2) is 17.1 Å². The fraction of sp³-hybridized carbons (Fsp3) is 0.750. The summed E-state index contributed by atoms with van der Waals surface area (Å²) < 4.78 is 1.58. The highest BCUT2D eigenvalue weighted by Gasteiger charge is 2.34. The van der Waals surface area contributed by atoms with Crippen LogP contribution in [0.3, 0.4) is 0 Å². The van der Waals surface area contributed by atoms with Gasteiger partial charge in [0.25, 0.3) is 5.56 Å². The van der Waals surface area contributed by atoms with E-state index in [9.17, 15) is 9.59 Å². The second-order valence-corrected chi connectivity index (χ2v) is 8.34. The standard InChI is InChI=1S/C20H30N4O2/c1-2-8-23(12-15-3-4-15)20(26)17-7-9-22(14-17)18-10-19(25)24(21-11-18)13-16-5-6-16/h10-11,15-17H,2-9,12-14H2,1H3. The fourth-order valence-corrected chi connectivity index (χ4v) is 3.91. The van der Waals surface area contributed by atoms with E-state index in [2.05, 4.69) is 21.8 Å². The third-order valence-corrected chi connectivity index (χ3v) is 5.87. The largest absolute Gasteiger partial charge is 0.369 e. The summed E-state index contributed by atoms with van der Waals surface area (Å²) >= 11 is 0. The molecule has 6 nitrogen and oxygen atoms in total. The summed E-state index contributed by atoms with van der Waals surface area (Å²) in [6.45, 7) is 6.21. The maximum absolute atomic E-state index is 12.9. The monoisotopic (exact) mass is 358 g/mol. The van der Waals surface area contributed by atoms with E-state index in [1.807, 2.05) is 0 Å². The van der Waals surface area contributed by atoms with Crippen molar-refractivity contribution in [2.24, 2.45) is 17.8 Å². The zero-order chi connectivity index (χ0) is 18.1. The molecule has 1 aromatic rings. The molecule has 1 aromatic heterocycles. The molecule has 3 fully saturated rings. The van der Waals surface area contributed by atoms with Gasteiger partial charge in [-0.2, -0.15) is 5.10 Å². The summed E-state index contributed by atoms with van der Waals surface area (Å²) in [6.07, 6.45) is 8.64. The van der Waals surface area contributed by atoms with E-state index in [0.29, 0.717) is 18.4 Å². The lowest BCUT2D eigenvalue weighted by Crippen LogP contribution is -2.39. The van der Waals surface area contributed by atoms with Gasteiger partial charge in [-0.1, -0.05) is 6.92 Å². The maximum atomic E-state index is 12.9. The Kier molecular flexibility index (Phi) is 5.00. The molecule has 26 heavy (non-hydrogen) atoms. The molecule has 0 radical (unpaired) electrons. The molecule has 142 valence electrons. The van der Waals surface area contributed by atoms with Crippen molar-refractivity contribution in [2.45, 2.75) is 52.0 Å². The van der Waals surface area contributed by atoms with Crippen LogP contribution in [0.1, 0.15) is 45.4 Å². The molecule has 1 amide bonds. The van der Waals surface area contributed by atoms with Gasteiger partial charge in [0.1, 0.15) is 0 Å². The van der Waals surface area contributed by atoms with Crippen molar-refractivity contribution in [3.63, 3.8) is 0 Å². The smallest absolute Gasteiger partial charge is 0.268 e. The summed E-state index contributed by atoms with van der Waals surface area (Å²) in [6, 6.07) is 1.69. The lowest BCUT2D eigenvalue weighted by atomic mass is 10.1. The summed E-state index contributed by atoms with van der Waals surface area (Å²) in [7, 11) is 0. The maximum Gasteiger partial charge on any atom is 0.268 e. The quantitative estimate of drug-likeness (QED) is 0.714. The van der Waals surface area contributed by atoms with Crippen molar-refractivity contribution in [3.8, 4) is 0 Å². The van der Waals surface area contributed by atoms with Crippen molar-refractivity contribution in [2.75, 3.05) is 31.1 Å². The van der Waals surface area contributed by atoms with Crippen LogP contribution in [0.25, 0.3) is 0 Å². The second-order valence-electron chi connectivity index (χ2n) is 8.34. The molecule has 2 saturated carbocycles. The van der Waals surface area contributed by atoms with E-state index in [-0.39, 0.29) is 11.5 Å². The van der Waals surface area contributed by atoms with Crippen molar-refractivity contribution in [1.82, 2.24) is 14.7 Å². The molecule has 2 aliphatic carbocycles. The van der Waals surface area contributed by atoms with Gasteiger partial charge in [0.15, 0.2) is 0 Å². The number of anilines is 1. The predicted molar refractivity (Wildman–Crippen MR) is 101 cm³/mol. The van der Waals surface area contributed by atoms with Crippen LogP contribution in [0.5, 0.6) is 0 Å². The topological polar surface area (TPSA) is 58.4 Å². The first-order chi connectivity index (χ1) is 12.6. The highest BCUT2D eigenvalue weighted by atomic mass is 16.2. The van der Waals surface area contributed by atoms with Crippen LogP contribution in [-0.2, 0) is 11.3 Å². The van der Waals surface area contributed by atoms with Gasteiger partial charge < -0.3 is 9.80 Å². The Morgan fingerprint density at radius 1 is 1.23 bits per heavy atom. The molecular weight excluding hydrogens is 328 g/mol. The number of aromatic nitrogens is 2. The molecule has 0 aromatic carbocycles. The number of rotatable bonds is 8. The van der Waals surface area contributed by atoms with E-state index >= 15 is 0 Å². The molecule has 0 spiro atoms. The van der Waals surface area contributed by atoms with Crippen LogP contribution >= 0.6 is 0 Å². The number of amides is 1. The Balaban J connectivity index is 1.38. The van der Waals surface area contributed by atoms with Gasteiger partial charge in [0.2, 0.25) is 5.91 Å². The number of nitrogens with zero attached hydrogens (tertiary/aromatic N) is 4. The van der Waals surface area contributed by atoms with Gasteiger partial charge in [-0.3, -0.25) is 9.59 Å². The highest BCUT2D eigenvalue weighted by molar-refractivity contribution is 5.80. The van der Waals surface area contributed by atoms with Gasteiger partial charge in [0.05, 0.1) is 17.8 Å². The minimum atomic E-state index is -0.0227. The SMILES string of the molecule is CCCN(CC1CC1)C(=O)C1CCN(c2cnn(CC3CC3)c(=O)c2)C1. The third-order valence-electron chi connectivity index (χ3n) is 5.87. The summed E-state index contributed by atoms with van der Waals surface area (Å²) in [4.78, 5) is 29.5. The van der Waals surface area contributed by atoms with E-state index in [1.165, 1.54) is 25.7 Å². The molecule has 6 heteroatoms. The number of carbonyl (C=O) groups excluding carboxylic acids is 1. The van der Waals surface area contributed by atoms with Crippen molar-refractivity contribution in [1.29, 1.82) is 0 Å². The van der Waals surface area contributed by atoms with Crippen molar-refractivity contribution in [3.05, 3.63) is 22.6 Å². The van der Waals surface area contributed by atoms with E-state index in [1.54, 1.807) is 16.9 Å². The number of carbonyl (C=O) groups is 1. The molecule has 1 unspecified atom stereocenters. The molecular formula is C20H30N4O2. The lowest BCUT2D eigenvalue weighted by Gasteiger charge is -2.25. The van der Waals surface area contributed by atoms with Crippen LogP contribution in [0.4, 0.5) is 5.69 Å². The van der Waals surface area contributed by atoms with Crippen LogP contribution in [0, 0.1) is 17.8 Å². The van der Waals surface area contributed by atoms with E-state index in [0.717, 1.165) is 50.6 Å². The summed E-state index contributed by atoms with van der Waals surface area (Å²) in [5, 5.41) is 4.35. The normalized spacial score (nSPS) is 22.7. The molecule has 2 heterocycles. The summed E-state index contributed by atoms with van der Waals surface area (Å²) in [5.74, 6) is 1.72. The van der Waals surface area contributed by atoms with E-state index in [4.69, 9.17) is 0 Å². The van der Waals surface area contributed by atoms with Gasteiger partial charge in [-0.25, -0.2) is 4.68 Å². The highest BCUT2D eigenvalue weighted by Crippen LogP contribution is 2.32. The Hall–Kier alpha value is -1.85. The molecule has 0 bridgehead atoms. The van der Waals surface area contributed by atoms with Crippen LogP contribution in [0.2, 0.25) is 0 Å². The third kappa shape index (κ3) is 4.10. The van der Waals surface area contributed by atoms with Gasteiger partial charge >= 0.3 is 0 Å². The molecule has 1 aliphatic heterocycles. The average molecular weight is 358 g/mol. The van der Waals surface area contributed by atoms with Crippen LogP contribution < -0.4 is 10.5 Å². The Labute approximate surface area is 155 Å². The Morgan fingerprint density at radius 2 is 2.00 bits per heavy atom. The first-order valence-electron chi connectivity index (χ1n) is 10.2. The minimum Gasteiger partial charge on any atom is -0.369 e. The van der Waals surface area contributed by atoms with Gasteiger partial charge in [-0.15, -0.1) is 0 Å². The minimum absolute atomic E-state index is 0.0227. The predicted octanol–water partition coefficient (Wildman–Crippen LogP) is 2.13. The van der Waals surface area contributed by atoms with Crippen molar-refractivity contribution < 1.29 is 4.79 Å². The number of hydrogen-bond acceptors (Lipinski definition) is 4. The van der Waals surface area contributed by atoms with Crippen molar-refractivity contribution >= 4 is 11.6 Å². The van der Waals surface area contributed by atoms with Gasteiger partial charge in [-0.05, 0) is 50.4 Å². The second kappa shape index (κ2) is 7.41. The van der Waals surface area contributed by atoms with Crippen LogP contribution in [-0.4, -0.2) is 46.8 Å². The molecule has 1 atom stereocenters. The average Bonchev–Trinajstić information content (AvgIpc) is 3.56. The zero-order valence-corrected chi connectivity index (χ0v) is 15.8. The molecule has 0 N–H and O–H groups in total. The molecule has 4 rings (SSSR count). The molecule has 1 saturated heterocycles. The first-order valence-corrected chi connectivity index (χ1v) is 10.2. The Morgan fingerprint density at radius 3 is 2.65 bits per heavy atom. The van der Waals surface area contributed by atoms with E-state index < -0.39 is 0 Å². The molecule has 3 aliphatic rings. The zero-order valence-electron chi connectivity index (χ0n) is 15.8. The fourth-order valence-electron chi connectivity index (χ4n) is 3.91. The Bertz CT molecular complexity index is 708. The van der Waals surface area contributed by atoms with Gasteiger partial charge in [0, 0.05) is 38.8 Å². The summed E-state index contributed by atoms with van der Waals surface area (Å²) in [5.41, 5.74) is 0.840. The number of hydrogen-bond donors (Lipinski definition) is 0.